The maximum atomic E-state index is 6.44. The van der Waals surface area contributed by atoms with E-state index in [0.717, 1.165) is 25.7 Å². The summed E-state index contributed by atoms with van der Waals surface area (Å²) >= 11 is 0. The molecule has 0 fully saturated rings. The van der Waals surface area contributed by atoms with Crippen LogP contribution in [0.25, 0.3) is 0 Å². The predicted molar refractivity (Wildman–Crippen MR) is 76.1 cm³/mol. The average molecular weight is 231 g/mol. The lowest BCUT2D eigenvalue weighted by Crippen LogP contribution is -2.44. The van der Waals surface area contributed by atoms with Crippen molar-refractivity contribution in [3.05, 3.63) is 48.6 Å². The molecule has 2 N–H and O–H groups in total. The zero-order valence-electron chi connectivity index (χ0n) is 11.2. The summed E-state index contributed by atoms with van der Waals surface area (Å²) in [7, 11) is 0. The Morgan fingerprint density at radius 1 is 1.24 bits per heavy atom. The maximum Gasteiger partial charge on any atom is 0.0139 e. The van der Waals surface area contributed by atoms with Gasteiger partial charge in [-0.2, -0.15) is 0 Å². The summed E-state index contributed by atoms with van der Waals surface area (Å²) in [4.78, 5) is 0. The number of hydrogen-bond acceptors (Lipinski definition) is 1. The van der Waals surface area contributed by atoms with E-state index in [1.807, 2.05) is 6.08 Å². The second kappa shape index (κ2) is 6.61. The summed E-state index contributed by atoms with van der Waals surface area (Å²) in [5.41, 5.74) is 7.94. The lowest BCUT2D eigenvalue weighted by Gasteiger charge is -2.38. The van der Waals surface area contributed by atoms with Crippen molar-refractivity contribution in [3.63, 3.8) is 0 Å². The summed E-state index contributed by atoms with van der Waals surface area (Å²) < 4.78 is 0. The molecule has 0 saturated heterocycles. The molecule has 0 aliphatic carbocycles. The van der Waals surface area contributed by atoms with Crippen molar-refractivity contribution in [1.29, 1.82) is 0 Å². The number of nitrogens with two attached hydrogens (primary N) is 1. The molecule has 0 spiro atoms. The van der Waals surface area contributed by atoms with Gasteiger partial charge in [-0.05, 0) is 31.2 Å². The lowest BCUT2D eigenvalue weighted by molar-refractivity contribution is 0.305. The van der Waals surface area contributed by atoms with Crippen LogP contribution in [0.1, 0.15) is 45.1 Å². The molecule has 1 heteroatoms. The van der Waals surface area contributed by atoms with E-state index >= 15 is 0 Å². The van der Waals surface area contributed by atoms with Gasteiger partial charge in [0.15, 0.2) is 0 Å². The monoisotopic (exact) mass is 231 g/mol. The minimum atomic E-state index is 0.115. The Balaban J connectivity index is 3.00. The molecule has 1 atom stereocenters. The van der Waals surface area contributed by atoms with Gasteiger partial charge >= 0.3 is 0 Å². The van der Waals surface area contributed by atoms with Crippen LogP contribution in [-0.4, -0.2) is 6.04 Å². The van der Waals surface area contributed by atoms with E-state index in [4.69, 9.17) is 5.73 Å². The first-order valence-corrected chi connectivity index (χ1v) is 6.63. The van der Waals surface area contributed by atoms with Crippen molar-refractivity contribution >= 4 is 0 Å². The van der Waals surface area contributed by atoms with Crippen molar-refractivity contribution in [1.82, 2.24) is 0 Å². The van der Waals surface area contributed by atoms with Crippen LogP contribution in [0.5, 0.6) is 0 Å². The summed E-state index contributed by atoms with van der Waals surface area (Å²) in [6.45, 7) is 8.26. The minimum absolute atomic E-state index is 0.115. The Hall–Kier alpha value is -1.08. The molecule has 0 aliphatic heterocycles. The SMILES string of the molecule is C=CCCC(N)C(CC)(CC)c1ccccc1. The molecule has 94 valence electrons. The second-order valence-corrected chi connectivity index (χ2v) is 4.70. The van der Waals surface area contributed by atoms with Crippen LogP contribution in [-0.2, 0) is 5.41 Å². The molecular weight excluding hydrogens is 206 g/mol. The van der Waals surface area contributed by atoms with Gasteiger partial charge < -0.3 is 5.73 Å². The van der Waals surface area contributed by atoms with Crippen molar-refractivity contribution in [2.45, 2.75) is 51.0 Å². The molecule has 0 aliphatic rings. The van der Waals surface area contributed by atoms with Gasteiger partial charge in [-0.25, -0.2) is 0 Å². The lowest BCUT2D eigenvalue weighted by atomic mass is 9.69. The molecule has 0 aromatic heterocycles. The molecule has 1 aromatic carbocycles. The third-order valence-corrected chi connectivity index (χ3v) is 4.00. The Morgan fingerprint density at radius 2 is 1.82 bits per heavy atom. The molecule has 1 aromatic rings. The summed E-state index contributed by atoms with van der Waals surface area (Å²) in [6.07, 6.45) is 6.15. The zero-order valence-corrected chi connectivity index (χ0v) is 11.2. The molecule has 1 unspecified atom stereocenters. The van der Waals surface area contributed by atoms with Gasteiger partial charge in [-0.15, -0.1) is 6.58 Å². The van der Waals surface area contributed by atoms with Crippen molar-refractivity contribution < 1.29 is 0 Å². The molecule has 1 nitrogen and oxygen atoms in total. The van der Waals surface area contributed by atoms with Crippen molar-refractivity contribution in [2.24, 2.45) is 5.73 Å². The number of benzene rings is 1. The van der Waals surface area contributed by atoms with Gasteiger partial charge in [0, 0.05) is 11.5 Å². The van der Waals surface area contributed by atoms with E-state index in [1.54, 1.807) is 0 Å². The Kier molecular flexibility index (Phi) is 5.43. The molecule has 0 saturated carbocycles. The molecule has 0 radical (unpaired) electrons. The van der Waals surface area contributed by atoms with Gasteiger partial charge in [0.2, 0.25) is 0 Å². The van der Waals surface area contributed by atoms with Crippen LogP contribution >= 0.6 is 0 Å². The minimum Gasteiger partial charge on any atom is -0.327 e. The maximum absolute atomic E-state index is 6.44. The first-order chi connectivity index (χ1) is 8.21. The van der Waals surface area contributed by atoms with E-state index in [1.165, 1.54) is 5.56 Å². The van der Waals surface area contributed by atoms with Crippen LogP contribution in [0.4, 0.5) is 0 Å². The highest BCUT2D eigenvalue weighted by Crippen LogP contribution is 2.35. The number of allylic oxidation sites excluding steroid dienone is 1. The summed E-state index contributed by atoms with van der Waals surface area (Å²) in [5.74, 6) is 0. The highest BCUT2D eigenvalue weighted by molar-refractivity contribution is 5.27. The van der Waals surface area contributed by atoms with Crippen LogP contribution in [0, 0.1) is 0 Å². The third-order valence-electron chi connectivity index (χ3n) is 4.00. The second-order valence-electron chi connectivity index (χ2n) is 4.70. The van der Waals surface area contributed by atoms with Crippen molar-refractivity contribution in [3.8, 4) is 0 Å². The molecular formula is C16H25N. The van der Waals surface area contributed by atoms with Gasteiger partial charge in [0.1, 0.15) is 0 Å². The normalized spacial score (nSPS) is 13.4. The highest BCUT2D eigenvalue weighted by atomic mass is 14.7. The topological polar surface area (TPSA) is 26.0 Å². The van der Waals surface area contributed by atoms with Crippen LogP contribution in [0.15, 0.2) is 43.0 Å². The Bertz CT molecular complexity index is 325. The standard InChI is InChI=1S/C16H25N/c1-4-7-13-15(17)16(5-2,6-3)14-11-9-8-10-12-14/h4,8-12,15H,1,5-7,13,17H2,2-3H3. The quantitative estimate of drug-likeness (QED) is 0.704. The van der Waals surface area contributed by atoms with Gasteiger partial charge in [0.25, 0.3) is 0 Å². The van der Waals surface area contributed by atoms with Crippen LogP contribution in [0.2, 0.25) is 0 Å². The molecule has 0 amide bonds. The highest BCUT2D eigenvalue weighted by Gasteiger charge is 2.34. The zero-order chi connectivity index (χ0) is 12.7. The van der Waals surface area contributed by atoms with E-state index in [2.05, 4.69) is 50.8 Å². The smallest absolute Gasteiger partial charge is 0.0139 e. The van der Waals surface area contributed by atoms with E-state index in [9.17, 15) is 0 Å². The Morgan fingerprint density at radius 3 is 2.29 bits per heavy atom. The van der Waals surface area contributed by atoms with Gasteiger partial charge in [-0.3, -0.25) is 0 Å². The molecule has 0 heterocycles. The largest absolute Gasteiger partial charge is 0.327 e. The molecule has 0 bridgehead atoms. The predicted octanol–water partition coefficient (Wildman–Crippen LogP) is 4.04. The van der Waals surface area contributed by atoms with Crippen molar-refractivity contribution in [2.75, 3.05) is 0 Å². The molecule has 1 rings (SSSR count). The fraction of sp³-hybridized carbons (Fsp3) is 0.500. The number of hydrogen-bond donors (Lipinski definition) is 1. The van der Waals surface area contributed by atoms with Gasteiger partial charge in [0.05, 0.1) is 0 Å². The van der Waals surface area contributed by atoms with Crippen LogP contribution in [0.3, 0.4) is 0 Å². The van der Waals surface area contributed by atoms with E-state index in [0.29, 0.717) is 0 Å². The fourth-order valence-corrected chi connectivity index (χ4v) is 2.74. The first kappa shape index (κ1) is 14.0. The Labute approximate surface area is 106 Å². The molecule has 17 heavy (non-hydrogen) atoms. The fourth-order valence-electron chi connectivity index (χ4n) is 2.74. The summed E-state index contributed by atoms with van der Waals surface area (Å²) in [5, 5.41) is 0. The van der Waals surface area contributed by atoms with E-state index in [-0.39, 0.29) is 11.5 Å². The van der Waals surface area contributed by atoms with Crippen LogP contribution < -0.4 is 5.73 Å². The first-order valence-electron chi connectivity index (χ1n) is 6.63. The summed E-state index contributed by atoms with van der Waals surface area (Å²) in [6, 6.07) is 10.9. The van der Waals surface area contributed by atoms with E-state index < -0.39 is 0 Å². The average Bonchev–Trinajstić information content (AvgIpc) is 2.39. The third kappa shape index (κ3) is 2.98. The number of rotatable bonds is 7. The van der Waals surface area contributed by atoms with Gasteiger partial charge in [-0.1, -0.05) is 50.3 Å².